The maximum absolute atomic E-state index is 15.0. The highest BCUT2D eigenvalue weighted by Crippen LogP contribution is 2.71. The molecule has 4 aliphatic rings. The molecule has 8 rings (SSSR count). The fourth-order valence-corrected chi connectivity index (χ4v) is 12.7. The average Bonchev–Trinajstić information content (AvgIpc) is 3.68. The summed E-state index contributed by atoms with van der Waals surface area (Å²) in [7, 11) is -3.12. The second-order valence-corrected chi connectivity index (χ2v) is 21.4. The largest absolute Gasteiger partial charge is 0.495 e. The van der Waals surface area contributed by atoms with Crippen molar-refractivity contribution >= 4 is 64.2 Å². The smallest absolute Gasteiger partial charge is 0.408 e. The molecule has 2 aromatic heterocycles. The van der Waals surface area contributed by atoms with Gasteiger partial charge in [-0.1, -0.05) is 42.7 Å². The third-order valence-electron chi connectivity index (χ3n) is 12.7. The van der Waals surface area contributed by atoms with Gasteiger partial charge < -0.3 is 40.0 Å². The van der Waals surface area contributed by atoms with E-state index in [4.69, 9.17) is 35.8 Å². The van der Waals surface area contributed by atoms with Gasteiger partial charge in [0.15, 0.2) is 5.13 Å². The van der Waals surface area contributed by atoms with Gasteiger partial charge in [0, 0.05) is 40.8 Å². The van der Waals surface area contributed by atoms with Crippen molar-refractivity contribution in [3.8, 4) is 22.9 Å². The number of benzene rings is 2. The first-order valence-corrected chi connectivity index (χ1v) is 25.3. The van der Waals surface area contributed by atoms with E-state index in [1.807, 2.05) is 25.3 Å². The third-order valence-corrected chi connectivity index (χ3v) is 16.4. The Bertz CT molecular complexity index is 2500. The second-order valence-electron chi connectivity index (χ2n) is 17.7. The molecule has 348 valence electrons. The summed E-state index contributed by atoms with van der Waals surface area (Å²) in [5.41, 5.74) is 0.820. The summed E-state index contributed by atoms with van der Waals surface area (Å²) in [6, 6.07) is 6.19. The number of nitrogens with one attached hydrogen (secondary N) is 3. The number of hydrogen-bond donors (Lipinski definition) is 4. The van der Waals surface area contributed by atoms with Crippen molar-refractivity contribution in [3.63, 3.8) is 0 Å². The number of alkyl carbamates (subject to hydrolysis) is 1. The maximum atomic E-state index is 15.0. The van der Waals surface area contributed by atoms with E-state index >= 15 is 0 Å². The maximum Gasteiger partial charge on any atom is 0.408 e. The van der Waals surface area contributed by atoms with Gasteiger partial charge in [0.1, 0.15) is 63.4 Å². The molecule has 2 aliphatic heterocycles. The molecule has 0 spiro atoms. The topological polar surface area (TPSA) is 181 Å². The highest BCUT2D eigenvalue weighted by molar-refractivity contribution is 7.59. The van der Waals surface area contributed by atoms with E-state index in [0.717, 1.165) is 44.2 Å². The molecule has 19 heteroatoms. The van der Waals surface area contributed by atoms with E-state index in [2.05, 4.69) is 16.0 Å². The highest BCUT2D eigenvalue weighted by Gasteiger charge is 2.66. The van der Waals surface area contributed by atoms with Crippen LogP contribution in [0.3, 0.4) is 0 Å². The van der Waals surface area contributed by atoms with Gasteiger partial charge in [0.2, 0.25) is 19.2 Å². The molecule has 2 saturated carbocycles. The Hall–Kier alpha value is -4.83. The monoisotopic (exact) mass is 954 g/mol. The molecule has 6 atom stereocenters. The van der Waals surface area contributed by atoms with Gasteiger partial charge >= 0.3 is 6.09 Å². The summed E-state index contributed by atoms with van der Waals surface area (Å²) in [5, 5.41) is 10.5. The number of carbonyl (C=O) groups excluding carboxylic acids is 3. The lowest BCUT2D eigenvalue weighted by molar-refractivity contribution is -0.140. The number of hydrogen-bond acceptors (Lipinski definition) is 11. The number of anilines is 1. The van der Waals surface area contributed by atoms with Gasteiger partial charge in [0.05, 0.1) is 31.0 Å². The molecule has 1 saturated heterocycles. The minimum Gasteiger partial charge on any atom is -0.495 e. The van der Waals surface area contributed by atoms with Crippen molar-refractivity contribution < 1.29 is 46.8 Å². The number of methoxy groups -OCH3 is 1. The first-order valence-electron chi connectivity index (χ1n) is 22.2. The van der Waals surface area contributed by atoms with E-state index in [0.29, 0.717) is 58.2 Å². The summed E-state index contributed by atoms with van der Waals surface area (Å²) in [6.07, 6.45) is 7.22. The van der Waals surface area contributed by atoms with Crippen molar-refractivity contribution in [1.82, 2.24) is 25.5 Å². The molecule has 14 nitrogen and oxygen atoms in total. The second kappa shape index (κ2) is 19.6. The lowest BCUT2D eigenvalue weighted by Gasteiger charge is -2.31. The van der Waals surface area contributed by atoms with Crippen LogP contribution < -0.4 is 25.4 Å². The van der Waals surface area contributed by atoms with Crippen LogP contribution in [0, 0.1) is 17.6 Å². The molecule has 3 amide bonds. The van der Waals surface area contributed by atoms with Crippen LogP contribution in [0.25, 0.3) is 22.3 Å². The number of fused-ring (bicyclic) bond motifs is 3. The van der Waals surface area contributed by atoms with Crippen LogP contribution in [0.4, 0.5) is 18.7 Å². The first-order chi connectivity index (χ1) is 31.2. The summed E-state index contributed by atoms with van der Waals surface area (Å²) in [4.78, 5) is 65.8. The van der Waals surface area contributed by atoms with Crippen molar-refractivity contribution in [3.05, 3.63) is 76.2 Å². The van der Waals surface area contributed by atoms with Gasteiger partial charge in [-0.25, -0.2) is 23.5 Å². The van der Waals surface area contributed by atoms with Crippen molar-refractivity contribution in [2.24, 2.45) is 5.92 Å². The minimum absolute atomic E-state index is 0.0396. The summed E-state index contributed by atoms with van der Waals surface area (Å²) >= 11 is 8.27. The van der Waals surface area contributed by atoms with Crippen LogP contribution >= 0.6 is 30.3 Å². The average molecular weight is 955 g/mol. The number of aromatic nitrogens is 2. The molecule has 4 heterocycles. The summed E-state index contributed by atoms with van der Waals surface area (Å²) in [5.74, 6) is -3.13. The zero-order chi connectivity index (χ0) is 46.0. The normalized spacial score (nSPS) is 25.4. The first kappa shape index (κ1) is 46.7. The SMILES string of the molecule is COc1ccc2c(O[C@@H]3C[C@H]4C(=O)N[C@]5(P(=O)(O)Cc6c(F)cccc6F)C[C@H]5/C=C\CCCCC[C@H](NC(=O)OC5CCCC5)C(=O)N4C3)cc(-c3csc(NC(C)C)n3)nc2c1Cl. The van der Waals surface area contributed by atoms with Crippen LogP contribution in [-0.2, 0) is 25.1 Å². The fraction of sp³-hybridized carbons (Fsp3) is 0.500. The quantitative estimate of drug-likeness (QED) is 0.0831. The van der Waals surface area contributed by atoms with Gasteiger partial charge in [-0.15, -0.1) is 11.3 Å². The molecular weight excluding hydrogens is 901 g/mol. The molecule has 2 aliphatic carbocycles. The van der Waals surface area contributed by atoms with Crippen LogP contribution in [-0.4, -0.2) is 86.9 Å². The van der Waals surface area contributed by atoms with Crippen molar-refractivity contribution in [2.45, 2.75) is 126 Å². The third kappa shape index (κ3) is 10.1. The Morgan fingerprint density at radius 3 is 2.54 bits per heavy atom. The predicted molar refractivity (Wildman–Crippen MR) is 244 cm³/mol. The van der Waals surface area contributed by atoms with Gasteiger partial charge in [-0.05, 0) is 89.5 Å². The number of rotatable bonds is 11. The molecule has 2 aromatic carbocycles. The number of thiazole rings is 1. The van der Waals surface area contributed by atoms with Crippen LogP contribution in [0.2, 0.25) is 5.02 Å². The fourth-order valence-electron chi connectivity index (χ4n) is 9.17. The Morgan fingerprint density at radius 2 is 1.80 bits per heavy atom. The Kier molecular flexibility index (Phi) is 14.1. The number of amides is 3. The molecule has 1 unspecified atom stereocenters. The molecular formula is C46H54ClF2N6O8PS. The molecule has 0 radical (unpaired) electrons. The Balaban J connectivity index is 1.15. The van der Waals surface area contributed by atoms with Gasteiger partial charge in [-0.2, -0.15) is 0 Å². The van der Waals surface area contributed by atoms with Gasteiger partial charge in [0.25, 0.3) is 0 Å². The summed E-state index contributed by atoms with van der Waals surface area (Å²) < 4.78 is 62.4. The Labute approximate surface area is 385 Å². The number of carbonyl (C=O) groups is 3. The Morgan fingerprint density at radius 1 is 1.05 bits per heavy atom. The zero-order valence-electron chi connectivity index (χ0n) is 36.5. The van der Waals surface area contributed by atoms with E-state index in [1.165, 1.54) is 29.4 Å². The number of pyridine rings is 1. The van der Waals surface area contributed by atoms with E-state index in [9.17, 15) is 32.6 Å². The molecule has 4 N–H and O–H groups in total. The summed E-state index contributed by atoms with van der Waals surface area (Å²) in [6.45, 7) is 3.90. The van der Waals surface area contributed by atoms with E-state index < -0.39 is 78.0 Å². The molecule has 65 heavy (non-hydrogen) atoms. The van der Waals surface area contributed by atoms with E-state index in [1.54, 1.807) is 24.3 Å². The van der Waals surface area contributed by atoms with Gasteiger partial charge in [-0.3, -0.25) is 14.2 Å². The van der Waals surface area contributed by atoms with Crippen molar-refractivity contribution in [2.75, 3.05) is 19.0 Å². The van der Waals surface area contributed by atoms with E-state index in [-0.39, 0.29) is 43.0 Å². The highest BCUT2D eigenvalue weighted by atomic mass is 35.5. The molecule has 0 bridgehead atoms. The van der Waals surface area contributed by atoms with Crippen LogP contribution in [0.1, 0.15) is 90.0 Å². The lowest BCUT2D eigenvalue weighted by atomic mass is 10.0. The number of nitrogens with zero attached hydrogens (tertiary/aromatic N) is 3. The minimum atomic E-state index is -4.61. The zero-order valence-corrected chi connectivity index (χ0v) is 39.0. The predicted octanol–water partition coefficient (Wildman–Crippen LogP) is 9.33. The molecule has 3 fully saturated rings. The number of halogens is 3. The lowest BCUT2D eigenvalue weighted by Crippen LogP contribution is -2.55. The van der Waals surface area contributed by atoms with Crippen LogP contribution in [0.5, 0.6) is 11.5 Å². The standard InChI is InChI=1S/C46H54ClF2N6O8PS/c1-26(2)50-44-52-36(25-65-44)35-21-39(30-18-19-38(61-3)40(47)41(30)51-35)62-29-20-37-42(56)54-46(64(59,60)24-31-32(48)15-11-16-33(31)49)22-27(46)12-7-5-4-6-8-17-34(43(57)55(37)23-29)53-45(58)63-28-13-9-10-14-28/h7,11-12,15-16,18-19,21,25-29,34,37H,4-6,8-10,13-14,17,20,22-24H2,1-3H3,(H,50,52)(H,53,58)(H,54,56)(H,59,60)/b12-7-/t27-,29-,34+,37+,46+/m1/s1. The van der Waals surface area contributed by atoms with Crippen molar-refractivity contribution in [1.29, 1.82) is 0 Å². The van der Waals surface area contributed by atoms with Crippen LogP contribution in [0.15, 0.2) is 53.9 Å². The molecule has 4 aromatic rings. The number of ether oxygens (including phenoxy) is 3. The number of allylic oxidation sites excluding steroid dienone is 1.